The normalized spacial score (nSPS) is 12.1. The highest BCUT2D eigenvalue weighted by Gasteiger charge is 2.29. The Kier molecular flexibility index (Phi) is 9.26. The third-order valence-electron chi connectivity index (χ3n) is 5.16. The predicted molar refractivity (Wildman–Crippen MR) is 128 cm³/mol. The smallest absolute Gasteiger partial charge is 0.244 e. The minimum atomic E-state index is -3.71. The molecule has 1 atom stereocenters. The van der Waals surface area contributed by atoms with Crippen molar-refractivity contribution in [2.45, 2.75) is 46.2 Å². The van der Waals surface area contributed by atoms with E-state index in [1.165, 1.54) is 4.90 Å². The highest BCUT2D eigenvalue weighted by atomic mass is 32.2. The monoisotopic (exact) mass is 459 g/mol. The zero-order chi connectivity index (χ0) is 23.7. The lowest BCUT2D eigenvalue weighted by Gasteiger charge is -2.31. The van der Waals surface area contributed by atoms with Crippen LogP contribution in [0.3, 0.4) is 0 Å². The second-order valence-corrected chi connectivity index (χ2v) is 9.84. The van der Waals surface area contributed by atoms with Crippen molar-refractivity contribution >= 4 is 27.5 Å². The summed E-state index contributed by atoms with van der Waals surface area (Å²) in [5, 5.41) is 2.86. The maximum atomic E-state index is 13.4. The van der Waals surface area contributed by atoms with Crippen LogP contribution in [-0.4, -0.2) is 50.5 Å². The first kappa shape index (κ1) is 25.4. The number of carbonyl (C=O) groups excluding carboxylic acids is 2. The van der Waals surface area contributed by atoms with Gasteiger partial charge in [-0.3, -0.25) is 13.9 Å². The Bertz CT molecular complexity index is 1010. The summed E-state index contributed by atoms with van der Waals surface area (Å²) in [6.07, 6.45) is 2.87. The van der Waals surface area contributed by atoms with Crippen molar-refractivity contribution in [2.75, 3.05) is 23.7 Å². The third-order valence-corrected chi connectivity index (χ3v) is 6.30. The molecule has 0 aliphatic heterocycles. The second kappa shape index (κ2) is 11.7. The molecule has 0 radical (unpaired) electrons. The number of anilines is 1. The molecule has 0 spiro atoms. The van der Waals surface area contributed by atoms with Crippen molar-refractivity contribution in [3.8, 4) is 0 Å². The standard InChI is InChI=1S/C24H33N3O4S/c1-5-6-15-25-24(29)20(3)26(17-21-12-8-7-9-13-21)23(28)18-27(32(4,30)31)22-14-10-11-19(2)16-22/h7-14,16,20H,5-6,15,17-18H2,1-4H3,(H,25,29). The second-order valence-electron chi connectivity index (χ2n) is 7.94. The molecule has 2 aromatic rings. The number of hydrogen-bond donors (Lipinski definition) is 1. The van der Waals surface area contributed by atoms with E-state index >= 15 is 0 Å². The van der Waals surface area contributed by atoms with E-state index < -0.39 is 22.0 Å². The largest absolute Gasteiger partial charge is 0.354 e. The molecular formula is C24H33N3O4S. The molecule has 0 saturated heterocycles. The molecule has 2 aromatic carbocycles. The lowest BCUT2D eigenvalue weighted by atomic mass is 10.1. The number of aryl methyl sites for hydroxylation is 1. The van der Waals surface area contributed by atoms with Crippen LogP contribution in [0, 0.1) is 6.92 Å². The van der Waals surface area contributed by atoms with Crippen molar-refractivity contribution < 1.29 is 18.0 Å². The summed E-state index contributed by atoms with van der Waals surface area (Å²) in [6.45, 7) is 5.91. The average molecular weight is 460 g/mol. The van der Waals surface area contributed by atoms with Crippen molar-refractivity contribution in [2.24, 2.45) is 0 Å². The molecule has 1 unspecified atom stereocenters. The number of rotatable bonds is 11. The number of sulfonamides is 1. The van der Waals surface area contributed by atoms with Gasteiger partial charge in [0.05, 0.1) is 11.9 Å². The molecule has 0 aliphatic carbocycles. The van der Waals surface area contributed by atoms with Crippen molar-refractivity contribution in [1.82, 2.24) is 10.2 Å². The first-order valence-electron chi connectivity index (χ1n) is 10.8. The molecule has 2 amide bonds. The molecule has 7 nitrogen and oxygen atoms in total. The molecule has 174 valence electrons. The van der Waals surface area contributed by atoms with Gasteiger partial charge in [0.15, 0.2) is 0 Å². The van der Waals surface area contributed by atoms with Gasteiger partial charge in [-0.25, -0.2) is 8.42 Å². The van der Waals surface area contributed by atoms with E-state index in [4.69, 9.17) is 0 Å². The fourth-order valence-corrected chi connectivity index (χ4v) is 4.14. The molecule has 8 heteroatoms. The SMILES string of the molecule is CCCCNC(=O)C(C)N(Cc1ccccc1)C(=O)CN(c1cccc(C)c1)S(C)(=O)=O. The Balaban J connectivity index is 2.31. The van der Waals surface area contributed by atoms with Gasteiger partial charge in [-0.15, -0.1) is 0 Å². The molecule has 0 saturated carbocycles. The molecular weight excluding hydrogens is 426 g/mol. The lowest BCUT2D eigenvalue weighted by molar-refractivity contribution is -0.139. The van der Waals surface area contributed by atoms with Gasteiger partial charge in [0.25, 0.3) is 0 Å². The Morgan fingerprint density at radius 2 is 1.75 bits per heavy atom. The van der Waals surface area contributed by atoms with Gasteiger partial charge in [0, 0.05) is 13.1 Å². The van der Waals surface area contributed by atoms with Gasteiger partial charge in [-0.2, -0.15) is 0 Å². The number of nitrogens with one attached hydrogen (secondary N) is 1. The minimum Gasteiger partial charge on any atom is -0.354 e. The molecule has 0 bridgehead atoms. The van der Waals surface area contributed by atoms with E-state index in [-0.39, 0.29) is 19.0 Å². The Hall–Kier alpha value is -2.87. The van der Waals surface area contributed by atoms with Crippen LogP contribution in [0.5, 0.6) is 0 Å². The zero-order valence-electron chi connectivity index (χ0n) is 19.2. The summed E-state index contributed by atoms with van der Waals surface area (Å²) in [5.41, 5.74) is 2.16. The van der Waals surface area contributed by atoms with E-state index in [1.807, 2.05) is 50.2 Å². The summed E-state index contributed by atoms with van der Waals surface area (Å²) >= 11 is 0. The molecule has 2 rings (SSSR count). The van der Waals surface area contributed by atoms with Crippen LogP contribution in [0.1, 0.15) is 37.8 Å². The Labute approximate surface area is 191 Å². The molecule has 0 aromatic heterocycles. The van der Waals surface area contributed by atoms with Crippen molar-refractivity contribution in [3.63, 3.8) is 0 Å². The highest BCUT2D eigenvalue weighted by molar-refractivity contribution is 7.92. The summed E-state index contributed by atoms with van der Waals surface area (Å²) in [6, 6.07) is 15.6. The van der Waals surface area contributed by atoms with Crippen LogP contribution < -0.4 is 9.62 Å². The van der Waals surface area contributed by atoms with Crippen LogP contribution in [-0.2, 0) is 26.2 Å². The molecule has 32 heavy (non-hydrogen) atoms. The number of amides is 2. The van der Waals surface area contributed by atoms with Gasteiger partial charge in [0.2, 0.25) is 21.8 Å². The van der Waals surface area contributed by atoms with Crippen LogP contribution >= 0.6 is 0 Å². The summed E-state index contributed by atoms with van der Waals surface area (Å²) in [7, 11) is -3.71. The van der Waals surface area contributed by atoms with E-state index in [0.29, 0.717) is 12.2 Å². The summed E-state index contributed by atoms with van der Waals surface area (Å²) in [4.78, 5) is 27.5. The predicted octanol–water partition coefficient (Wildman–Crippen LogP) is 3.09. The van der Waals surface area contributed by atoms with Gasteiger partial charge < -0.3 is 10.2 Å². The first-order chi connectivity index (χ1) is 15.1. The maximum Gasteiger partial charge on any atom is 0.244 e. The van der Waals surface area contributed by atoms with Crippen molar-refractivity contribution in [1.29, 1.82) is 0 Å². The summed E-state index contributed by atoms with van der Waals surface area (Å²) in [5.74, 6) is -0.705. The van der Waals surface area contributed by atoms with Gasteiger partial charge in [-0.05, 0) is 43.5 Å². The van der Waals surface area contributed by atoms with E-state index in [1.54, 1.807) is 25.1 Å². The number of carbonyl (C=O) groups is 2. The molecule has 0 heterocycles. The fraction of sp³-hybridized carbons (Fsp3) is 0.417. The van der Waals surface area contributed by atoms with Gasteiger partial charge in [-0.1, -0.05) is 55.8 Å². The van der Waals surface area contributed by atoms with E-state index in [0.717, 1.165) is 34.5 Å². The molecule has 1 N–H and O–H groups in total. The quantitative estimate of drug-likeness (QED) is 0.523. The number of unbranched alkanes of at least 4 members (excludes halogenated alkanes) is 1. The average Bonchev–Trinajstić information content (AvgIpc) is 2.75. The number of nitrogens with zero attached hydrogens (tertiary/aromatic N) is 2. The maximum absolute atomic E-state index is 13.4. The van der Waals surface area contributed by atoms with Gasteiger partial charge in [0.1, 0.15) is 12.6 Å². The van der Waals surface area contributed by atoms with Crippen LogP contribution in [0.25, 0.3) is 0 Å². The summed E-state index contributed by atoms with van der Waals surface area (Å²) < 4.78 is 26.1. The highest BCUT2D eigenvalue weighted by Crippen LogP contribution is 2.20. The Morgan fingerprint density at radius 1 is 1.06 bits per heavy atom. The van der Waals surface area contributed by atoms with Gasteiger partial charge >= 0.3 is 0 Å². The topological polar surface area (TPSA) is 86.8 Å². The van der Waals surface area contributed by atoms with E-state index in [2.05, 4.69) is 5.32 Å². The van der Waals surface area contributed by atoms with Crippen molar-refractivity contribution in [3.05, 3.63) is 65.7 Å². The first-order valence-corrected chi connectivity index (χ1v) is 12.6. The van der Waals surface area contributed by atoms with Crippen LogP contribution in [0.4, 0.5) is 5.69 Å². The molecule has 0 aliphatic rings. The molecule has 0 fully saturated rings. The van der Waals surface area contributed by atoms with E-state index in [9.17, 15) is 18.0 Å². The Morgan fingerprint density at radius 3 is 2.34 bits per heavy atom. The van der Waals surface area contributed by atoms with Crippen LogP contribution in [0.15, 0.2) is 54.6 Å². The fourth-order valence-electron chi connectivity index (χ4n) is 3.30. The lowest BCUT2D eigenvalue weighted by Crippen LogP contribution is -2.51. The number of benzene rings is 2. The third kappa shape index (κ3) is 7.37. The van der Waals surface area contributed by atoms with Crippen LogP contribution in [0.2, 0.25) is 0 Å². The zero-order valence-corrected chi connectivity index (χ0v) is 20.1. The minimum absolute atomic E-state index is 0.202. The number of hydrogen-bond acceptors (Lipinski definition) is 4.